The first-order valence-corrected chi connectivity index (χ1v) is 9.01. The van der Waals surface area contributed by atoms with Crippen molar-refractivity contribution in [2.45, 2.75) is 38.4 Å². The van der Waals surface area contributed by atoms with Gasteiger partial charge in [0.25, 0.3) is 0 Å². The van der Waals surface area contributed by atoms with E-state index in [1.165, 1.54) is 18.6 Å². The van der Waals surface area contributed by atoms with Crippen LogP contribution in [0.15, 0.2) is 36.5 Å². The van der Waals surface area contributed by atoms with Gasteiger partial charge in [-0.25, -0.2) is 14.5 Å². The maximum absolute atomic E-state index is 11.0. The predicted octanol–water partition coefficient (Wildman–Crippen LogP) is 3.03. The van der Waals surface area contributed by atoms with Crippen LogP contribution in [0, 0.1) is 6.92 Å². The van der Waals surface area contributed by atoms with Crippen molar-refractivity contribution < 1.29 is 19.7 Å². The normalized spacial score (nSPS) is 15.6. The van der Waals surface area contributed by atoms with E-state index < -0.39 is 12.1 Å². The molecule has 2 heterocycles. The monoisotopic (exact) mass is 367 g/mol. The number of aromatic nitrogens is 3. The molecule has 0 aliphatic heterocycles. The molecule has 1 fully saturated rings. The van der Waals surface area contributed by atoms with Gasteiger partial charge in [-0.1, -0.05) is 0 Å². The van der Waals surface area contributed by atoms with E-state index in [2.05, 4.69) is 10.1 Å². The molecule has 0 amide bonds. The Morgan fingerprint density at radius 2 is 2.07 bits per heavy atom. The standard InChI is InChI=1S/C20H21N3O4/c1-12-17-9-14(18(24)11-27-16-3-2-4-16)10-21-19(17)23(22-12)15-7-5-13(6-8-15)20(25)26/h5-10,16,18,24H,2-4,11H2,1H3,(H,25,26)/t18-/m0/s1. The highest BCUT2D eigenvalue weighted by atomic mass is 16.5. The molecule has 1 aliphatic rings. The summed E-state index contributed by atoms with van der Waals surface area (Å²) in [4.78, 5) is 15.5. The fraction of sp³-hybridized carbons (Fsp3) is 0.350. The van der Waals surface area contributed by atoms with Gasteiger partial charge in [-0.05, 0) is 56.5 Å². The molecular weight excluding hydrogens is 346 g/mol. The zero-order valence-corrected chi connectivity index (χ0v) is 15.0. The average Bonchev–Trinajstić information content (AvgIpc) is 2.96. The first kappa shape index (κ1) is 17.6. The molecule has 1 aliphatic carbocycles. The molecule has 7 heteroatoms. The number of nitrogens with zero attached hydrogens (tertiary/aromatic N) is 3. The van der Waals surface area contributed by atoms with Gasteiger partial charge in [0.05, 0.1) is 29.7 Å². The average molecular weight is 367 g/mol. The van der Waals surface area contributed by atoms with Crippen molar-refractivity contribution in [1.29, 1.82) is 0 Å². The van der Waals surface area contributed by atoms with Crippen molar-refractivity contribution in [1.82, 2.24) is 14.8 Å². The Kier molecular flexibility index (Phi) is 4.63. The Bertz CT molecular complexity index is 977. The molecule has 7 nitrogen and oxygen atoms in total. The molecule has 1 saturated carbocycles. The third-order valence-corrected chi connectivity index (χ3v) is 5.01. The van der Waals surface area contributed by atoms with Crippen molar-refractivity contribution in [2.24, 2.45) is 0 Å². The summed E-state index contributed by atoms with van der Waals surface area (Å²) >= 11 is 0. The number of aliphatic hydroxyl groups excluding tert-OH is 1. The molecule has 27 heavy (non-hydrogen) atoms. The van der Waals surface area contributed by atoms with E-state index in [1.807, 2.05) is 13.0 Å². The maximum atomic E-state index is 11.0. The number of carboxylic acids is 1. The smallest absolute Gasteiger partial charge is 0.335 e. The predicted molar refractivity (Wildman–Crippen MR) is 99.1 cm³/mol. The minimum atomic E-state index is -0.969. The van der Waals surface area contributed by atoms with Crippen molar-refractivity contribution >= 4 is 17.0 Å². The fourth-order valence-electron chi connectivity index (χ4n) is 3.13. The molecule has 3 aromatic rings. The lowest BCUT2D eigenvalue weighted by Crippen LogP contribution is -2.24. The maximum Gasteiger partial charge on any atom is 0.335 e. The summed E-state index contributed by atoms with van der Waals surface area (Å²) in [5.41, 5.74) is 3.09. The number of aliphatic hydroxyl groups is 1. The van der Waals surface area contributed by atoms with Crippen LogP contribution in [0.3, 0.4) is 0 Å². The summed E-state index contributed by atoms with van der Waals surface area (Å²) in [6.07, 6.45) is 4.52. The Labute approximate surface area is 156 Å². The van der Waals surface area contributed by atoms with Gasteiger partial charge in [0.2, 0.25) is 0 Å². The fourth-order valence-corrected chi connectivity index (χ4v) is 3.13. The number of benzene rings is 1. The zero-order valence-electron chi connectivity index (χ0n) is 15.0. The Morgan fingerprint density at radius 3 is 2.70 bits per heavy atom. The van der Waals surface area contributed by atoms with Crippen LogP contribution in [0.4, 0.5) is 0 Å². The van der Waals surface area contributed by atoms with Crippen molar-refractivity contribution in [3.8, 4) is 5.69 Å². The highest BCUT2D eigenvalue weighted by Crippen LogP contribution is 2.26. The molecule has 1 atom stereocenters. The van der Waals surface area contributed by atoms with Crippen molar-refractivity contribution in [2.75, 3.05) is 6.61 Å². The van der Waals surface area contributed by atoms with Gasteiger partial charge in [0.1, 0.15) is 6.10 Å². The van der Waals surface area contributed by atoms with Crippen molar-refractivity contribution in [3.63, 3.8) is 0 Å². The van der Waals surface area contributed by atoms with E-state index >= 15 is 0 Å². The molecule has 0 saturated heterocycles. The van der Waals surface area contributed by atoms with Gasteiger partial charge in [0.15, 0.2) is 5.65 Å². The summed E-state index contributed by atoms with van der Waals surface area (Å²) < 4.78 is 7.37. The molecular formula is C20H21N3O4. The van der Waals surface area contributed by atoms with Crippen LogP contribution in [0.2, 0.25) is 0 Å². The topological polar surface area (TPSA) is 97.5 Å². The summed E-state index contributed by atoms with van der Waals surface area (Å²) in [6, 6.07) is 8.37. The van der Waals surface area contributed by atoms with Crippen molar-refractivity contribution in [3.05, 3.63) is 53.3 Å². The number of pyridine rings is 1. The van der Waals surface area contributed by atoms with Crippen LogP contribution in [0.25, 0.3) is 16.7 Å². The molecule has 0 radical (unpaired) electrons. The molecule has 140 valence electrons. The van der Waals surface area contributed by atoms with Crippen LogP contribution < -0.4 is 0 Å². The van der Waals surface area contributed by atoms with Crippen LogP contribution in [0.1, 0.15) is 47.0 Å². The van der Waals surface area contributed by atoms with Gasteiger partial charge in [-0.2, -0.15) is 5.10 Å². The third kappa shape index (κ3) is 3.43. The van der Waals surface area contributed by atoms with E-state index in [9.17, 15) is 9.90 Å². The lowest BCUT2D eigenvalue weighted by atomic mass is 9.96. The second kappa shape index (κ2) is 7.09. The van der Waals surface area contributed by atoms with Gasteiger partial charge in [0, 0.05) is 17.1 Å². The van der Waals surface area contributed by atoms with Gasteiger partial charge in [-0.15, -0.1) is 0 Å². The molecule has 0 spiro atoms. The molecule has 0 unspecified atom stereocenters. The van der Waals surface area contributed by atoms with E-state index in [4.69, 9.17) is 9.84 Å². The number of rotatable bonds is 6. The lowest BCUT2D eigenvalue weighted by molar-refractivity contribution is -0.0427. The summed E-state index contributed by atoms with van der Waals surface area (Å²) in [5.74, 6) is -0.969. The Hall–Kier alpha value is -2.77. The van der Waals surface area contributed by atoms with Gasteiger partial charge < -0.3 is 14.9 Å². The number of fused-ring (bicyclic) bond motifs is 1. The first-order valence-electron chi connectivity index (χ1n) is 9.01. The van der Waals surface area contributed by atoms with Crippen LogP contribution in [-0.2, 0) is 4.74 Å². The van der Waals surface area contributed by atoms with E-state index in [0.29, 0.717) is 11.2 Å². The number of hydrogen-bond acceptors (Lipinski definition) is 5. The number of ether oxygens (including phenoxy) is 1. The summed E-state index contributed by atoms with van der Waals surface area (Å²) in [5, 5.41) is 24.8. The minimum absolute atomic E-state index is 0.219. The molecule has 4 rings (SSSR count). The third-order valence-electron chi connectivity index (χ3n) is 5.01. The number of carbonyl (C=O) groups is 1. The Morgan fingerprint density at radius 1 is 1.33 bits per heavy atom. The molecule has 2 N–H and O–H groups in total. The number of aryl methyl sites for hydroxylation is 1. The van der Waals surface area contributed by atoms with E-state index in [-0.39, 0.29) is 18.3 Å². The van der Waals surface area contributed by atoms with E-state index in [0.717, 1.165) is 29.6 Å². The summed E-state index contributed by atoms with van der Waals surface area (Å²) in [6.45, 7) is 2.15. The Balaban J connectivity index is 1.61. The first-order chi connectivity index (χ1) is 13.0. The van der Waals surface area contributed by atoms with Crippen LogP contribution in [-0.4, -0.2) is 43.7 Å². The van der Waals surface area contributed by atoms with E-state index in [1.54, 1.807) is 23.0 Å². The van der Waals surface area contributed by atoms with Crippen LogP contribution >= 0.6 is 0 Å². The van der Waals surface area contributed by atoms with Gasteiger partial charge in [-0.3, -0.25) is 0 Å². The summed E-state index contributed by atoms with van der Waals surface area (Å²) in [7, 11) is 0. The highest BCUT2D eigenvalue weighted by molar-refractivity contribution is 5.88. The number of hydrogen-bond donors (Lipinski definition) is 2. The lowest BCUT2D eigenvalue weighted by Gasteiger charge is -2.26. The number of carboxylic acid groups (broad SMARTS) is 1. The molecule has 2 aromatic heterocycles. The molecule has 0 bridgehead atoms. The second-order valence-corrected chi connectivity index (χ2v) is 6.89. The highest BCUT2D eigenvalue weighted by Gasteiger charge is 2.20. The largest absolute Gasteiger partial charge is 0.478 e. The minimum Gasteiger partial charge on any atom is -0.478 e. The second-order valence-electron chi connectivity index (χ2n) is 6.89. The SMILES string of the molecule is Cc1nn(-c2ccc(C(=O)O)cc2)c2ncc([C@@H](O)COC3CCC3)cc12. The quantitative estimate of drug-likeness (QED) is 0.695. The number of aromatic carboxylic acids is 1. The van der Waals surface area contributed by atoms with Gasteiger partial charge >= 0.3 is 5.97 Å². The zero-order chi connectivity index (χ0) is 19.0. The van der Waals surface area contributed by atoms with Crippen LogP contribution in [0.5, 0.6) is 0 Å². The molecule has 1 aromatic carbocycles.